The first kappa shape index (κ1) is 23.4. The quantitative estimate of drug-likeness (QED) is 0.523. The standard InChI is InChI=1S/C23H21ClF3NO5/c1-12-9-28(10-13(2)31-12)11-15-17(29)8-7-14-19(30)21(22(23(25,26)27)33-20(14)15)32-18-6-4-3-5-16(18)24/h3-8,12-13,29H,9-11H2,1-2H3/t12-,13-/m1/s1. The molecule has 33 heavy (non-hydrogen) atoms. The fraction of sp³-hybridized carbons (Fsp3) is 0.348. The Morgan fingerprint density at radius 3 is 2.45 bits per heavy atom. The zero-order valence-electron chi connectivity index (χ0n) is 17.8. The minimum atomic E-state index is -5.03. The summed E-state index contributed by atoms with van der Waals surface area (Å²) in [6, 6.07) is 8.32. The highest BCUT2D eigenvalue weighted by Gasteiger charge is 2.41. The van der Waals surface area contributed by atoms with Gasteiger partial charge in [-0.15, -0.1) is 0 Å². The summed E-state index contributed by atoms with van der Waals surface area (Å²) < 4.78 is 58.0. The molecule has 2 heterocycles. The third-order valence-corrected chi connectivity index (χ3v) is 5.59. The Kier molecular flexibility index (Phi) is 6.30. The van der Waals surface area contributed by atoms with Crippen molar-refractivity contribution in [3.05, 3.63) is 63.0 Å². The van der Waals surface area contributed by atoms with Crippen LogP contribution < -0.4 is 10.2 Å². The molecular weight excluding hydrogens is 463 g/mol. The number of para-hydroxylation sites is 1. The number of nitrogens with zero attached hydrogens (tertiary/aromatic N) is 1. The Labute approximate surface area is 192 Å². The number of alkyl halides is 3. The van der Waals surface area contributed by atoms with E-state index >= 15 is 0 Å². The molecule has 6 nitrogen and oxygen atoms in total. The first-order chi connectivity index (χ1) is 15.5. The summed E-state index contributed by atoms with van der Waals surface area (Å²) in [4.78, 5) is 15.1. The van der Waals surface area contributed by atoms with Crippen molar-refractivity contribution in [2.45, 2.75) is 38.8 Å². The van der Waals surface area contributed by atoms with Gasteiger partial charge in [0.2, 0.25) is 11.2 Å². The van der Waals surface area contributed by atoms with Gasteiger partial charge in [0.15, 0.2) is 0 Å². The molecule has 0 bridgehead atoms. The van der Waals surface area contributed by atoms with E-state index in [9.17, 15) is 23.1 Å². The first-order valence-electron chi connectivity index (χ1n) is 10.2. The number of hydrogen-bond donors (Lipinski definition) is 1. The normalized spacial score (nSPS) is 19.7. The van der Waals surface area contributed by atoms with Crippen molar-refractivity contribution in [2.24, 2.45) is 0 Å². The van der Waals surface area contributed by atoms with Gasteiger partial charge in [0, 0.05) is 19.6 Å². The van der Waals surface area contributed by atoms with Gasteiger partial charge in [-0.05, 0) is 38.1 Å². The summed E-state index contributed by atoms with van der Waals surface area (Å²) in [6.07, 6.45) is -5.23. The largest absolute Gasteiger partial charge is 0.507 e. The average Bonchev–Trinajstić information content (AvgIpc) is 2.72. The van der Waals surface area contributed by atoms with Crippen molar-refractivity contribution in [1.29, 1.82) is 0 Å². The fourth-order valence-electron chi connectivity index (χ4n) is 3.99. The molecule has 0 saturated carbocycles. The molecule has 1 aliphatic rings. The van der Waals surface area contributed by atoms with E-state index in [0.717, 1.165) is 0 Å². The summed E-state index contributed by atoms with van der Waals surface area (Å²) in [6.45, 7) is 4.85. The van der Waals surface area contributed by atoms with Crippen LogP contribution in [0.1, 0.15) is 25.2 Å². The van der Waals surface area contributed by atoms with Gasteiger partial charge in [-0.1, -0.05) is 23.7 Å². The molecule has 1 aliphatic heterocycles. The van der Waals surface area contributed by atoms with Gasteiger partial charge in [0.1, 0.15) is 17.1 Å². The van der Waals surface area contributed by atoms with Crippen molar-refractivity contribution >= 4 is 22.6 Å². The molecule has 1 saturated heterocycles. The Bertz CT molecular complexity index is 1230. The van der Waals surface area contributed by atoms with Crippen LogP contribution in [0.3, 0.4) is 0 Å². The van der Waals surface area contributed by atoms with Crippen LogP contribution in [0.2, 0.25) is 5.02 Å². The number of ether oxygens (including phenoxy) is 2. The van der Waals surface area contributed by atoms with E-state index < -0.39 is 23.1 Å². The zero-order valence-corrected chi connectivity index (χ0v) is 18.5. The molecule has 10 heteroatoms. The lowest BCUT2D eigenvalue weighted by atomic mass is 10.1. The number of benzene rings is 2. The van der Waals surface area contributed by atoms with E-state index in [1.54, 1.807) is 6.07 Å². The second-order valence-electron chi connectivity index (χ2n) is 8.01. The van der Waals surface area contributed by atoms with Crippen LogP contribution in [0.4, 0.5) is 13.2 Å². The van der Waals surface area contributed by atoms with Crippen molar-refractivity contribution in [3.63, 3.8) is 0 Å². The van der Waals surface area contributed by atoms with Crippen LogP contribution in [0.5, 0.6) is 17.2 Å². The Morgan fingerprint density at radius 2 is 1.82 bits per heavy atom. The highest BCUT2D eigenvalue weighted by atomic mass is 35.5. The molecule has 0 radical (unpaired) electrons. The molecule has 1 aromatic heterocycles. The Balaban J connectivity index is 1.87. The van der Waals surface area contributed by atoms with Gasteiger partial charge in [-0.2, -0.15) is 13.2 Å². The second-order valence-corrected chi connectivity index (χ2v) is 8.42. The summed E-state index contributed by atoms with van der Waals surface area (Å²) in [5.41, 5.74) is -1.28. The zero-order chi connectivity index (χ0) is 23.9. The number of rotatable bonds is 4. The van der Waals surface area contributed by atoms with Crippen molar-refractivity contribution in [2.75, 3.05) is 13.1 Å². The molecule has 2 aromatic carbocycles. The number of aromatic hydroxyl groups is 1. The van der Waals surface area contributed by atoms with Crippen molar-refractivity contribution < 1.29 is 32.2 Å². The smallest absolute Gasteiger partial charge is 0.453 e. The summed E-state index contributed by atoms with van der Waals surface area (Å²) in [7, 11) is 0. The predicted molar refractivity (Wildman–Crippen MR) is 116 cm³/mol. The van der Waals surface area contributed by atoms with E-state index in [-0.39, 0.29) is 51.8 Å². The third kappa shape index (κ3) is 4.80. The maximum Gasteiger partial charge on any atom is 0.453 e. The highest BCUT2D eigenvalue weighted by molar-refractivity contribution is 6.32. The van der Waals surface area contributed by atoms with Crippen LogP contribution in [0.15, 0.2) is 45.6 Å². The van der Waals surface area contributed by atoms with E-state index in [1.165, 1.54) is 30.3 Å². The molecule has 0 amide bonds. The van der Waals surface area contributed by atoms with Gasteiger partial charge in [-0.25, -0.2) is 0 Å². The molecular formula is C23H21ClF3NO5. The van der Waals surface area contributed by atoms with Crippen LogP contribution in [-0.4, -0.2) is 35.3 Å². The van der Waals surface area contributed by atoms with Gasteiger partial charge in [0.05, 0.1) is 28.2 Å². The van der Waals surface area contributed by atoms with Gasteiger partial charge in [0.25, 0.3) is 5.76 Å². The van der Waals surface area contributed by atoms with Gasteiger partial charge in [-0.3, -0.25) is 9.69 Å². The molecule has 0 unspecified atom stereocenters. The number of halogens is 4. The van der Waals surface area contributed by atoms with E-state index in [0.29, 0.717) is 13.1 Å². The monoisotopic (exact) mass is 483 g/mol. The third-order valence-electron chi connectivity index (χ3n) is 5.28. The first-order valence-corrected chi connectivity index (χ1v) is 10.6. The molecule has 0 spiro atoms. The SMILES string of the molecule is C[C@@H]1CN(Cc2c(O)ccc3c(=O)c(Oc4ccccc4Cl)c(C(F)(F)F)oc23)C[C@@H](C)O1. The molecule has 4 rings (SSSR count). The number of phenols is 1. The molecule has 176 valence electrons. The number of morpholine rings is 1. The Morgan fingerprint density at radius 1 is 1.15 bits per heavy atom. The van der Waals surface area contributed by atoms with Crippen LogP contribution in [-0.2, 0) is 17.5 Å². The van der Waals surface area contributed by atoms with Gasteiger partial charge < -0.3 is 19.0 Å². The average molecular weight is 484 g/mol. The molecule has 1 N–H and O–H groups in total. The number of fused-ring (bicyclic) bond motifs is 1. The van der Waals surface area contributed by atoms with Gasteiger partial charge >= 0.3 is 6.18 Å². The van der Waals surface area contributed by atoms with E-state index in [2.05, 4.69) is 0 Å². The Hall–Kier alpha value is -2.75. The molecule has 3 aromatic rings. The predicted octanol–water partition coefficient (Wildman–Crippen LogP) is 5.57. The minimum absolute atomic E-state index is 0.0343. The maximum absolute atomic E-state index is 13.9. The maximum atomic E-state index is 13.9. The highest BCUT2D eigenvalue weighted by Crippen LogP contribution is 2.41. The van der Waals surface area contributed by atoms with E-state index in [1.807, 2.05) is 18.7 Å². The lowest BCUT2D eigenvalue weighted by molar-refractivity contribution is -0.154. The molecule has 1 fully saturated rings. The minimum Gasteiger partial charge on any atom is -0.507 e. The summed E-state index contributed by atoms with van der Waals surface area (Å²) >= 11 is 6.00. The second kappa shape index (κ2) is 8.89. The van der Waals surface area contributed by atoms with Crippen LogP contribution in [0, 0.1) is 0 Å². The summed E-state index contributed by atoms with van der Waals surface area (Å²) in [5.74, 6) is -3.01. The fourth-order valence-corrected chi connectivity index (χ4v) is 4.17. The van der Waals surface area contributed by atoms with Crippen molar-refractivity contribution in [1.82, 2.24) is 4.90 Å². The summed E-state index contributed by atoms with van der Waals surface area (Å²) in [5, 5.41) is 10.3. The van der Waals surface area contributed by atoms with Crippen LogP contribution >= 0.6 is 11.6 Å². The molecule has 2 atom stereocenters. The number of phenolic OH excluding ortho intramolecular Hbond substituents is 1. The van der Waals surface area contributed by atoms with Crippen LogP contribution in [0.25, 0.3) is 11.0 Å². The molecule has 0 aliphatic carbocycles. The topological polar surface area (TPSA) is 72.1 Å². The number of hydrogen-bond acceptors (Lipinski definition) is 6. The van der Waals surface area contributed by atoms with E-state index in [4.69, 9.17) is 25.5 Å². The van der Waals surface area contributed by atoms with Crippen molar-refractivity contribution in [3.8, 4) is 17.2 Å². The lowest BCUT2D eigenvalue weighted by Crippen LogP contribution is -2.44. The lowest BCUT2D eigenvalue weighted by Gasteiger charge is -2.35.